The van der Waals surface area contributed by atoms with Crippen LogP contribution in [-0.4, -0.2) is 34.9 Å². The number of hydrogen-bond donors (Lipinski definition) is 1. The van der Waals surface area contributed by atoms with Crippen LogP contribution >= 0.6 is 0 Å². The summed E-state index contributed by atoms with van der Waals surface area (Å²) in [5.74, 6) is -0.304. The van der Waals surface area contributed by atoms with Gasteiger partial charge < -0.3 is 14.6 Å². The molecule has 0 aromatic carbocycles. The number of rotatable bonds is 7. The molecule has 0 radical (unpaired) electrons. The third-order valence-corrected chi connectivity index (χ3v) is 6.06. The van der Waals surface area contributed by atoms with Crippen molar-refractivity contribution in [3.8, 4) is 0 Å². The molecule has 1 aromatic heterocycles. The second-order valence-electron chi connectivity index (χ2n) is 8.32. The fraction of sp³-hybridized carbons (Fsp3) is 0.667. The number of ketones is 1. The number of carbonyl (C=O) groups is 3. The Labute approximate surface area is 161 Å². The largest absolute Gasteiger partial charge is 0.451 e. The maximum atomic E-state index is 12.2. The van der Waals surface area contributed by atoms with Gasteiger partial charge in [0, 0.05) is 24.8 Å². The van der Waals surface area contributed by atoms with Gasteiger partial charge in [-0.15, -0.1) is 0 Å². The Hall–Kier alpha value is -2.11. The molecule has 0 aliphatic heterocycles. The summed E-state index contributed by atoms with van der Waals surface area (Å²) >= 11 is 0. The fourth-order valence-electron chi connectivity index (χ4n) is 3.74. The summed E-state index contributed by atoms with van der Waals surface area (Å²) in [6.07, 6.45) is 6.90. The Morgan fingerprint density at radius 1 is 1.22 bits per heavy atom. The zero-order chi connectivity index (χ0) is 20.2. The lowest BCUT2D eigenvalue weighted by molar-refractivity contribution is -0.125. The first-order valence-electron chi connectivity index (χ1n) is 9.77. The van der Waals surface area contributed by atoms with Crippen molar-refractivity contribution in [2.24, 2.45) is 18.4 Å². The summed E-state index contributed by atoms with van der Waals surface area (Å²) < 4.78 is 6.65. The number of carbonyl (C=O) groups excluding carboxylic acids is 3. The third kappa shape index (κ3) is 5.44. The number of Topliss-reactive ketones (excluding diaryl/α,β-unsaturated/α-hetero) is 1. The van der Waals surface area contributed by atoms with Crippen LogP contribution in [0, 0.1) is 11.3 Å². The summed E-state index contributed by atoms with van der Waals surface area (Å²) in [7, 11) is 1.67. The first-order valence-corrected chi connectivity index (χ1v) is 9.77. The first kappa shape index (κ1) is 21.2. The highest BCUT2D eigenvalue weighted by Crippen LogP contribution is 2.40. The normalized spacial score (nSPS) is 20.2. The Balaban J connectivity index is 1.78. The number of esters is 1. The molecular formula is C21H32N2O4. The summed E-state index contributed by atoms with van der Waals surface area (Å²) in [6, 6.07) is 1.64. The molecule has 1 aliphatic carbocycles. The van der Waals surface area contributed by atoms with E-state index in [-0.39, 0.29) is 30.0 Å². The smallest absolute Gasteiger partial charge is 0.355 e. The van der Waals surface area contributed by atoms with Crippen LogP contribution in [0.15, 0.2) is 12.3 Å². The number of amides is 1. The molecule has 6 nitrogen and oxygen atoms in total. The Morgan fingerprint density at radius 2 is 1.85 bits per heavy atom. The minimum Gasteiger partial charge on any atom is -0.451 e. The molecular weight excluding hydrogens is 344 g/mol. The van der Waals surface area contributed by atoms with Gasteiger partial charge in [0.2, 0.25) is 0 Å². The quantitative estimate of drug-likeness (QED) is 0.584. The maximum Gasteiger partial charge on any atom is 0.355 e. The lowest BCUT2D eigenvalue weighted by Gasteiger charge is -2.39. The van der Waals surface area contributed by atoms with Crippen molar-refractivity contribution in [2.45, 2.75) is 65.8 Å². The number of ether oxygens (including phenoxy) is 1. The minimum absolute atomic E-state index is 0.121. The average Bonchev–Trinajstić information content (AvgIpc) is 3.02. The standard InChI is InChI=1S/C21H32N2O4/c1-6-21(3,4)16-7-9-17(10-8-16)22-19(25)13-27-20(26)18-11-15(14(2)24)12-23(18)5/h11-12,16-17H,6-10,13H2,1-5H3,(H,22,25). The van der Waals surface area contributed by atoms with Crippen LogP contribution in [-0.2, 0) is 16.6 Å². The van der Waals surface area contributed by atoms with Gasteiger partial charge in [-0.25, -0.2) is 4.79 Å². The van der Waals surface area contributed by atoms with Crippen molar-refractivity contribution in [3.05, 3.63) is 23.5 Å². The van der Waals surface area contributed by atoms with Crippen molar-refractivity contribution in [3.63, 3.8) is 0 Å². The van der Waals surface area contributed by atoms with E-state index in [4.69, 9.17) is 4.74 Å². The van der Waals surface area contributed by atoms with Crippen LogP contribution in [0.1, 0.15) is 80.6 Å². The van der Waals surface area contributed by atoms with E-state index in [1.807, 2.05) is 0 Å². The van der Waals surface area contributed by atoms with Crippen molar-refractivity contribution < 1.29 is 19.1 Å². The minimum atomic E-state index is -0.603. The molecule has 1 heterocycles. The highest BCUT2D eigenvalue weighted by Gasteiger charge is 2.32. The van der Waals surface area contributed by atoms with Gasteiger partial charge in [-0.1, -0.05) is 27.2 Å². The van der Waals surface area contributed by atoms with Crippen LogP contribution in [0.25, 0.3) is 0 Å². The van der Waals surface area contributed by atoms with E-state index in [1.165, 1.54) is 17.6 Å². The zero-order valence-electron chi connectivity index (χ0n) is 17.1. The summed E-state index contributed by atoms with van der Waals surface area (Å²) in [6.45, 7) is 8.00. The third-order valence-electron chi connectivity index (χ3n) is 6.06. The molecule has 1 saturated carbocycles. The Kier molecular flexibility index (Phi) is 6.84. The van der Waals surface area contributed by atoms with Gasteiger partial charge in [0.25, 0.3) is 5.91 Å². The molecule has 1 amide bonds. The van der Waals surface area contributed by atoms with Crippen molar-refractivity contribution >= 4 is 17.7 Å². The van der Waals surface area contributed by atoms with Crippen LogP contribution in [0.4, 0.5) is 0 Å². The van der Waals surface area contributed by atoms with Gasteiger partial charge >= 0.3 is 5.97 Å². The number of nitrogens with one attached hydrogen (secondary N) is 1. The van der Waals surface area contributed by atoms with E-state index < -0.39 is 5.97 Å². The van der Waals surface area contributed by atoms with Crippen molar-refractivity contribution in [1.29, 1.82) is 0 Å². The highest BCUT2D eigenvalue weighted by molar-refractivity contribution is 5.98. The number of nitrogens with zero attached hydrogens (tertiary/aromatic N) is 1. The molecule has 0 saturated heterocycles. The van der Waals surface area contributed by atoms with E-state index in [1.54, 1.807) is 13.2 Å². The predicted molar refractivity (Wildman–Crippen MR) is 104 cm³/mol. The Bertz CT molecular complexity index is 697. The van der Waals surface area contributed by atoms with Crippen LogP contribution in [0.3, 0.4) is 0 Å². The molecule has 0 bridgehead atoms. The lowest BCUT2D eigenvalue weighted by atomic mass is 9.69. The molecule has 1 fully saturated rings. The van der Waals surface area contributed by atoms with Crippen LogP contribution in [0.5, 0.6) is 0 Å². The van der Waals surface area contributed by atoms with Crippen molar-refractivity contribution in [2.75, 3.05) is 6.61 Å². The van der Waals surface area contributed by atoms with Gasteiger partial charge in [0.15, 0.2) is 12.4 Å². The van der Waals surface area contributed by atoms with Crippen molar-refractivity contribution in [1.82, 2.24) is 9.88 Å². The number of hydrogen-bond acceptors (Lipinski definition) is 4. The second-order valence-corrected chi connectivity index (χ2v) is 8.32. The molecule has 1 aliphatic rings. The van der Waals surface area contributed by atoms with Gasteiger partial charge in [-0.05, 0) is 50.0 Å². The molecule has 0 spiro atoms. The maximum absolute atomic E-state index is 12.2. The first-order chi connectivity index (χ1) is 12.6. The number of aryl methyl sites for hydroxylation is 1. The summed E-state index contributed by atoms with van der Waals surface area (Å²) in [5, 5.41) is 2.98. The van der Waals surface area contributed by atoms with Gasteiger partial charge in [0.1, 0.15) is 5.69 Å². The van der Waals surface area contributed by atoms with Gasteiger partial charge in [-0.3, -0.25) is 9.59 Å². The second kappa shape index (κ2) is 8.72. The SMILES string of the molecule is CCC(C)(C)C1CCC(NC(=O)COC(=O)c2cc(C(C)=O)cn2C)CC1. The average molecular weight is 376 g/mol. The molecule has 1 aromatic rings. The van der Waals surface area contributed by atoms with E-state index in [0.717, 1.165) is 32.1 Å². The molecule has 6 heteroatoms. The molecule has 27 heavy (non-hydrogen) atoms. The van der Waals surface area contributed by atoms with E-state index in [2.05, 4.69) is 26.1 Å². The van der Waals surface area contributed by atoms with E-state index in [9.17, 15) is 14.4 Å². The van der Waals surface area contributed by atoms with Gasteiger partial charge in [-0.2, -0.15) is 0 Å². The van der Waals surface area contributed by atoms with E-state index >= 15 is 0 Å². The lowest BCUT2D eigenvalue weighted by Crippen LogP contribution is -2.41. The predicted octanol–water partition coefficient (Wildman–Crippen LogP) is 3.50. The Morgan fingerprint density at radius 3 is 2.37 bits per heavy atom. The molecule has 1 N–H and O–H groups in total. The molecule has 150 valence electrons. The van der Waals surface area contributed by atoms with E-state index in [0.29, 0.717) is 16.9 Å². The monoisotopic (exact) mass is 376 g/mol. The molecule has 0 atom stereocenters. The van der Waals surface area contributed by atoms with Gasteiger partial charge in [0.05, 0.1) is 0 Å². The van der Waals surface area contributed by atoms with Crippen LogP contribution < -0.4 is 5.32 Å². The summed E-state index contributed by atoms with van der Waals surface area (Å²) in [4.78, 5) is 35.7. The topological polar surface area (TPSA) is 77.4 Å². The summed E-state index contributed by atoms with van der Waals surface area (Å²) in [5.41, 5.74) is 1.05. The van der Waals surface area contributed by atoms with Crippen LogP contribution in [0.2, 0.25) is 0 Å². The zero-order valence-corrected chi connectivity index (χ0v) is 17.1. The molecule has 2 rings (SSSR count). The highest BCUT2D eigenvalue weighted by atomic mass is 16.5. The molecule has 0 unspecified atom stereocenters. The number of aromatic nitrogens is 1. The fourth-order valence-corrected chi connectivity index (χ4v) is 3.74.